The molecule has 1 aromatic carbocycles. The van der Waals surface area contributed by atoms with Gasteiger partial charge in [0.15, 0.2) is 9.84 Å². The summed E-state index contributed by atoms with van der Waals surface area (Å²) in [6, 6.07) is 13.3. The van der Waals surface area contributed by atoms with E-state index in [0.29, 0.717) is 5.82 Å². The fraction of sp³-hybridized carbons (Fsp3) is 0.125. The first-order valence-corrected chi connectivity index (χ1v) is 9.61. The minimum atomic E-state index is -3.34. The van der Waals surface area contributed by atoms with Crippen LogP contribution in [0.1, 0.15) is 11.5 Å². The summed E-state index contributed by atoms with van der Waals surface area (Å²) >= 11 is 1.47. The zero-order chi connectivity index (χ0) is 16.1. The molecule has 0 unspecified atom stereocenters. The van der Waals surface area contributed by atoms with Crippen LogP contribution in [0.3, 0.4) is 0 Å². The third-order valence-electron chi connectivity index (χ3n) is 3.01. The number of sulfone groups is 1. The van der Waals surface area contributed by atoms with Crippen LogP contribution in [0.15, 0.2) is 58.4 Å². The molecule has 0 spiro atoms. The average Bonchev–Trinajstić information content (AvgIpc) is 3.18. The summed E-state index contributed by atoms with van der Waals surface area (Å²) in [6.45, 7) is 0. The zero-order valence-electron chi connectivity index (χ0n) is 12.1. The number of benzene rings is 1. The molecule has 118 valence electrons. The first kappa shape index (κ1) is 15.6. The molecule has 5 nitrogen and oxygen atoms in total. The molecular weight excluding hydrogens is 332 g/mol. The van der Waals surface area contributed by atoms with E-state index in [9.17, 15) is 8.42 Å². The summed E-state index contributed by atoms with van der Waals surface area (Å²) in [4.78, 5) is 4.98. The smallest absolute Gasteiger partial charge is 0.242 e. The van der Waals surface area contributed by atoms with E-state index in [1.165, 1.54) is 11.3 Å². The molecule has 3 rings (SSSR count). The summed E-state index contributed by atoms with van der Waals surface area (Å²) in [5.74, 6) is 0.204. The van der Waals surface area contributed by atoms with Gasteiger partial charge in [0.1, 0.15) is 5.75 Å². The molecule has 0 saturated heterocycles. The highest BCUT2D eigenvalue weighted by atomic mass is 32.2. The van der Waals surface area contributed by atoms with Crippen molar-refractivity contribution in [3.8, 4) is 10.7 Å². The van der Waals surface area contributed by atoms with Gasteiger partial charge in [0.25, 0.3) is 0 Å². The standard InChI is InChI=1S/C16H14N2O3S2/c19-23(20,11-5-8-13-6-2-1-3-7-13)12-15-17-16(18-21-15)14-9-4-10-22-14/h1-10H,11-12H2/b8-5-. The van der Waals surface area contributed by atoms with Crippen molar-refractivity contribution in [1.82, 2.24) is 10.1 Å². The van der Waals surface area contributed by atoms with E-state index < -0.39 is 9.84 Å². The van der Waals surface area contributed by atoms with Crippen molar-refractivity contribution in [1.29, 1.82) is 0 Å². The van der Waals surface area contributed by atoms with E-state index in [0.717, 1.165) is 10.4 Å². The van der Waals surface area contributed by atoms with Gasteiger partial charge in [-0.05, 0) is 17.0 Å². The molecule has 0 radical (unpaired) electrons. The fourth-order valence-corrected chi connectivity index (χ4v) is 3.61. The highest BCUT2D eigenvalue weighted by Crippen LogP contribution is 2.21. The monoisotopic (exact) mass is 346 g/mol. The molecule has 0 fully saturated rings. The summed E-state index contributed by atoms with van der Waals surface area (Å²) in [5, 5.41) is 5.71. The largest absolute Gasteiger partial charge is 0.338 e. The third-order valence-corrected chi connectivity index (χ3v) is 5.27. The van der Waals surface area contributed by atoms with Crippen LogP contribution in [-0.4, -0.2) is 24.3 Å². The first-order valence-electron chi connectivity index (χ1n) is 6.91. The molecule has 0 atom stereocenters. The Morgan fingerprint density at radius 1 is 1.13 bits per heavy atom. The SMILES string of the molecule is O=S(=O)(C/C=C\c1ccccc1)Cc1nc(-c2cccs2)no1. The summed E-state index contributed by atoms with van der Waals surface area (Å²) in [6.07, 6.45) is 3.41. The molecule has 7 heteroatoms. The Morgan fingerprint density at radius 3 is 2.70 bits per heavy atom. The van der Waals surface area contributed by atoms with Gasteiger partial charge in [0, 0.05) is 0 Å². The molecule has 0 aliphatic rings. The Bertz CT molecular complexity index is 883. The average molecular weight is 346 g/mol. The van der Waals surface area contributed by atoms with Crippen molar-refractivity contribution in [2.24, 2.45) is 0 Å². The van der Waals surface area contributed by atoms with Crippen LogP contribution < -0.4 is 0 Å². The van der Waals surface area contributed by atoms with Crippen LogP contribution >= 0.6 is 11.3 Å². The quantitative estimate of drug-likeness (QED) is 0.684. The maximum atomic E-state index is 12.1. The predicted octanol–water partition coefficient (Wildman–Crippen LogP) is 3.43. The normalized spacial score (nSPS) is 12.0. The number of hydrogen-bond acceptors (Lipinski definition) is 6. The Morgan fingerprint density at radius 2 is 1.96 bits per heavy atom. The van der Waals surface area contributed by atoms with Crippen molar-refractivity contribution in [3.05, 3.63) is 65.4 Å². The molecule has 0 aliphatic heterocycles. The lowest BCUT2D eigenvalue weighted by Crippen LogP contribution is -2.07. The van der Waals surface area contributed by atoms with Crippen LogP contribution in [0.5, 0.6) is 0 Å². The molecule has 0 amide bonds. The maximum Gasteiger partial charge on any atom is 0.242 e. The maximum absolute atomic E-state index is 12.1. The van der Waals surface area contributed by atoms with E-state index >= 15 is 0 Å². The van der Waals surface area contributed by atoms with Crippen LogP contribution in [0, 0.1) is 0 Å². The molecule has 23 heavy (non-hydrogen) atoms. The van der Waals surface area contributed by atoms with Crippen molar-refractivity contribution in [2.75, 3.05) is 5.75 Å². The second kappa shape index (κ2) is 6.89. The van der Waals surface area contributed by atoms with Gasteiger partial charge in [-0.15, -0.1) is 11.3 Å². The van der Waals surface area contributed by atoms with Gasteiger partial charge in [-0.25, -0.2) is 8.42 Å². The summed E-state index contributed by atoms with van der Waals surface area (Å²) < 4.78 is 29.3. The molecule has 0 saturated carbocycles. The van der Waals surface area contributed by atoms with E-state index in [4.69, 9.17) is 4.52 Å². The molecule has 0 aliphatic carbocycles. The molecular formula is C16H14N2O3S2. The zero-order valence-corrected chi connectivity index (χ0v) is 13.8. The fourth-order valence-electron chi connectivity index (χ4n) is 1.96. The highest BCUT2D eigenvalue weighted by molar-refractivity contribution is 7.90. The molecule has 0 N–H and O–H groups in total. The molecule has 3 aromatic rings. The van der Waals surface area contributed by atoms with Crippen molar-refractivity contribution >= 4 is 27.3 Å². The van der Waals surface area contributed by atoms with E-state index in [1.807, 2.05) is 47.8 Å². The Labute approximate surface area is 138 Å². The lowest BCUT2D eigenvalue weighted by atomic mass is 10.2. The number of aromatic nitrogens is 2. The number of rotatable bonds is 6. The van der Waals surface area contributed by atoms with Crippen molar-refractivity contribution in [3.63, 3.8) is 0 Å². The third kappa shape index (κ3) is 4.37. The van der Waals surface area contributed by atoms with Gasteiger partial charge in [-0.1, -0.05) is 53.7 Å². The number of hydrogen-bond donors (Lipinski definition) is 0. The lowest BCUT2D eigenvalue weighted by molar-refractivity contribution is 0.389. The van der Waals surface area contributed by atoms with Gasteiger partial charge < -0.3 is 4.52 Å². The van der Waals surface area contributed by atoms with Crippen LogP contribution in [0.25, 0.3) is 16.8 Å². The first-order chi connectivity index (χ1) is 11.1. The van der Waals surface area contributed by atoms with Gasteiger partial charge >= 0.3 is 0 Å². The van der Waals surface area contributed by atoms with Crippen LogP contribution in [-0.2, 0) is 15.6 Å². The highest BCUT2D eigenvalue weighted by Gasteiger charge is 2.17. The minimum Gasteiger partial charge on any atom is -0.338 e. The minimum absolute atomic E-state index is 0.0708. The van der Waals surface area contributed by atoms with Crippen LogP contribution in [0.4, 0.5) is 0 Å². The van der Waals surface area contributed by atoms with Crippen LogP contribution in [0.2, 0.25) is 0 Å². The predicted molar refractivity (Wildman–Crippen MR) is 90.6 cm³/mol. The van der Waals surface area contributed by atoms with Gasteiger partial charge in [0.05, 0.1) is 10.6 Å². The second-order valence-corrected chi connectivity index (χ2v) is 7.91. The van der Waals surface area contributed by atoms with E-state index in [1.54, 1.807) is 12.2 Å². The summed E-state index contributed by atoms with van der Waals surface area (Å²) in [5.41, 5.74) is 0.959. The van der Waals surface area contributed by atoms with Crippen molar-refractivity contribution in [2.45, 2.75) is 5.75 Å². The topological polar surface area (TPSA) is 73.1 Å². The molecule has 2 aromatic heterocycles. The lowest BCUT2D eigenvalue weighted by Gasteiger charge is -1.96. The number of nitrogens with zero attached hydrogens (tertiary/aromatic N) is 2. The Hall–Kier alpha value is -2.25. The second-order valence-electron chi connectivity index (χ2n) is 4.86. The van der Waals surface area contributed by atoms with Gasteiger partial charge in [-0.2, -0.15) is 4.98 Å². The van der Waals surface area contributed by atoms with E-state index in [2.05, 4.69) is 10.1 Å². The Kier molecular flexibility index (Phi) is 4.68. The van der Waals surface area contributed by atoms with E-state index in [-0.39, 0.29) is 17.4 Å². The molecule has 0 bridgehead atoms. The van der Waals surface area contributed by atoms with Crippen molar-refractivity contribution < 1.29 is 12.9 Å². The van der Waals surface area contributed by atoms with Gasteiger partial charge in [-0.3, -0.25) is 0 Å². The summed E-state index contributed by atoms with van der Waals surface area (Å²) in [7, 11) is -3.34. The van der Waals surface area contributed by atoms with Gasteiger partial charge in [0.2, 0.25) is 11.7 Å². The number of thiophene rings is 1. The molecule has 2 heterocycles. The Balaban J connectivity index is 1.64.